The molecule has 12 nitrogen and oxygen atoms in total. The van der Waals surface area contributed by atoms with Crippen LogP contribution in [0.2, 0.25) is 0 Å². The Balaban J connectivity index is 1.70. The fourth-order valence-electron chi connectivity index (χ4n) is 4.01. The van der Waals surface area contributed by atoms with E-state index in [1.165, 1.54) is 10.9 Å². The zero-order valence-corrected chi connectivity index (χ0v) is 14.6. The van der Waals surface area contributed by atoms with E-state index in [0.29, 0.717) is 0 Å². The van der Waals surface area contributed by atoms with E-state index >= 15 is 0 Å². The Morgan fingerprint density at radius 1 is 1.21 bits per heavy atom. The number of aliphatic hydroxyl groups excluding tert-OH is 2. The molecule has 2 aromatic rings. The zero-order valence-electron chi connectivity index (χ0n) is 14.6. The van der Waals surface area contributed by atoms with Gasteiger partial charge in [0.1, 0.15) is 29.6 Å². The first-order chi connectivity index (χ1) is 13.2. The van der Waals surface area contributed by atoms with E-state index < -0.39 is 49.0 Å². The smallest absolute Gasteiger partial charge is 0.243 e. The SMILES string of the molecule is Nc1nc(N)c2ncn(C3C[C@@](O)(C4CO[C@H](CO)[C@]4(O)F)[C@@H](CO)O3)c2n1. The molecule has 6 atom stereocenters. The van der Waals surface area contributed by atoms with Crippen LogP contribution in [0.15, 0.2) is 6.33 Å². The first-order valence-corrected chi connectivity index (χ1v) is 8.60. The van der Waals surface area contributed by atoms with Gasteiger partial charge in [0.05, 0.1) is 32.1 Å². The van der Waals surface area contributed by atoms with Crippen molar-refractivity contribution in [3.63, 3.8) is 0 Å². The number of imidazole rings is 1. The summed E-state index contributed by atoms with van der Waals surface area (Å²) in [6, 6.07) is 0. The standard InChI is InChI=1S/C15H21FN6O6/c16-15(26)6(4-27-8(15)3-24)14(25)1-9(28-7(14)2-23)22-5-19-10-11(17)20-13(18)21-12(10)22/h5-9,23-26H,1-4H2,(H4,17,18,20,21)/t6?,7-,8-,9?,14-,15+/m1/s1. The highest BCUT2D eigenvalue weighted by molar-refractivity contribution is 5.82. The molecule has 0 amide bonds. The lowest BCUT2D eigenvalue weighted by Gasteiger charge is -2.37. The summed E-state index contributed by atoms with van der Waals surface area (Å²) in [6.07, 6.45) is -2.53. The Kier molecular flexibility index (Phi) is 4.41. The fourth-order valence-corrected chi connectivity index (χ4v) is 4.01. The molecule has 4 heterocycles. The maximum absolute atomic E-state index is 14.9. The van der Waals surface area contributed by atoms with E-state index in [4.69, 9.17) is 20.9 Å². The van der Waals surface area contributed by atoms with Gasteiger partial charge in [-0.15, -0.1) is 0 Å². The second-order valence-electron chi connectivity index (χ2n) is 7.03. The molecule has 0 aliphatic carbocycles. The number of nitrogens with zero attached hydrogens (tertiary/aromatic N) is 4. The van der Waals surface area contributed by atoms with Crippen molar-refractivity contribution >= 4 is 22.9 Å². The molecule has 2 aromatic heterocycles. The van der Waals surface area contributed by atoms with Gasteiger partial charge in [-0.3, -0.25) is 4.57 Å². The number of rotatable bonds is 4. The van der Waals surface area contributed by atoms with Gasteiger partial charge in [0.15, 0.2) is 11.5 Å². The van der Waals surface area contributed by atoms with Crippen LogP contribution >= 0.6 is 0 Å². The molecule has 8 N–H and O–H groups in total. The molecule has 4 rings (SSSR count). The van der Waals surface area contributed by atoms with Crippen LogP contribution in [0.4, 0.5) is 16.2 Å². The molecule has 0 bridgehead atoms. The minimum atomic E-state index is -3.01. The third kappa shape index (κ3) is 2.62. The lowest BCUT2D eigenvalue weighted by atomic mass is 9.77. The molecule has 28 heavy (non-hydrogen) atoms. The van der Waals surface area contributed by atoms with E-state index in [0.717, 1.165) is 0 Å². The van der Waals surface area contributed by atoms with Crippen LogP contribution < -0.4 is 11.5 Å². The number of nitrogens with two attached hydrogens (primary N) is 2. The van der Waals surface area contributed by atoms with Crippen LogP contribution in [0.5, 0.6) is 0 Å². The van der Waals surface area contributed by atoms with Crippen molar-refractivity contribution in [2.24, 2.45) is 5.92 Å². The largest absolute Gasteiger partial charge is 0.394 e. The predicted molar refractivity (Wildman–Crippen MR) is 91.1 cm³/mol. The molecule has 0 saturated carbocycles. The second-order valence-corrected chi connectivity index (χ2v) is 7.03. The van der Waals surface area contributed by atoms with Crippen molar-refractivity contribution in [3.05, 3.63) is 6.33 Å². The van der Waals surface area contributed by atoms with Gasteiger partial charge < -0.3 is 41.4 Å². The maximum Gasteiger partial charge on any atom is 0.243 e. The fraction of sp³-hybridized carbons (Fsp3) is 0.667. The number of nitrogen functional groups attached to an aromatic ring is 2. The first-order valence-electron chi connectivity index (χ1n) is 8.60. The van der Waals surface area contributed by atoms with Crippen LogP contribution in [0.3, 0.4) is 0 Å². The van der Waals surface area contributed by atoms with Gasteiger partial charge in [0.2, 0.25) is 11.8 Å². The summed E-state index contributed by atoms with van der Waals surface area (Å²) in [5.74, 6) is -4.50. The number of halogens is 1. The van der Waals surface area contributed by atoms with Crippen molar-refractivity contribution < 1.29 is 34.3 Å². The van der Waals surface area contributed by atoms with E-state index in [1.807, 2.05) is 0 Å². The highest BCUT2D eigenvalue weighted by Crippen LogP contribution is 2.49. The van der Waals surface area contributed by atoms with Crippen molar-refractivity contribution in [1.82, 2.24) is 19.5 Å². The van der Waals surface area contributed by atoms with Gasteiger partial charge in [-0.25, -0.2) is 9.37 Å². The monoisotopic (exact) mass is 400 g/mol. The Morgan fingerprint density at radius 3 is 2.57 bits per heavy atom. The van der Waals surface area contributed by atoms with E-state index in [1.54, 1.807) is 0 Å². The molecular weight excluding hydrogens is 379 g/mol. The topological polar surface area (TPSA) is 195 Å². The van der Waals surface area contributed by atoms with Gasteiger partial charge in [0, 0.05) is 6.42 Å². The highest BCUT2D eigenvalue weighted by Gasteiger charge is 2.65. The summed E-state index contributed by atoms with van der Waals surface area (Å²) in [6.45, 7) is -1.78. The van der Waals surface area contributed by atoms with Gasteiger partial charge in [0.25, 0.3) is 0 Å². The van der Waals surface area contributed by atoms with Crippen molar-refractivity contribution in [3.8, 4) is 0 Å². The molecule has 2 fully saturated rings. The number of ether oxygens (including phenoxy) is 2. The summed E-state index contributed by atoms with van der Waals surface area (Å²) in [7, 11) is 0. The molecule has 0 spiro atoms. The first kappa shape index (κ1) is 19.2. The van der Waals surface area contributed by atoms with Crippen molar-refractivity contribution in [1.29, 1.82) is 0 Å². The number of hydrogen-bond donors (Lipinski definition) is 6. The van der Waals surface area contributed by atoms with Crippen molar-refractivity contribution in [2.45, 2.75) is 36.3 Å². The van der Waals surface area contributed by atoms with Crippen molar-refractivity contribution in [2.75, 3.05) is 31.3 Å². The summed E-state index contributed by atoms with van der Waals surface area (Å²) >= 11 is 0. The second kappa shape index (κ2) is 6.43. The molecule has 0 radical (unpaired) electrons. The number of aromatic nitrogens is 4. The van der Waals surface area contributed by atoms with Gasteiger partial charge in [-0.1, -0.05) is 0 Å². The molecule has 2 aliphatic rings. The maximum atomic E-state index is 14.9. The average molecular weight is 400 g/mol. The number of hydrogen-bond acceptors (Lipinski definition) is 11. The molecule has 2 unspecified atom stereocenters. The zero-order chi connectivity index (χ0) is 20.3. The lowest BCUT2D eigenvalue weighted by molar-refractivity contribution is -0.211. The minimum Gasteiger partial charge on any atom is -0.394 e. The van der Waals surface area contributed by atoms with E-state index in [-0.39, 0.29) is 36.0 Å². The lowest BCUT2D eigenvalue weighted by Crippen LogP contribution is -2.56. The van der Waals surface area contributed by atoms with Crippen LogP contribution in [0, 0.1) is 5.92 Å². The summed E-state index contributed by atoms with van der Waals surface area (Å²) in [4.78, 5) is 12.0. The van der Waals surface area contributed by atoms with Crippen LogP contribution in [0.25, 0.3) is 11.2 Å². The summed E-state index contributed by atoms with van der Waals surface area (Å²) in [5.41, 5.74) is 9.92. The van der Waals surface area contributed by atoms with E-state index in [9.17, 15) is 24.8 Å². The predicted octanol–water partition coefficient (Wildman–Crippen LogP) is -2.33. The Bertz CT molecular complexity index is 895. The number of fused-ring (bicyclic) bond motifs is 1. The number of aliphatic hydroxyl groups is 4. The van der Waals surface area contributed by atoms with Crippen LogP contribution in [-0.4, -0.2) is 83.4 Å². The van der Waals surface area contributed by atoms with Crippen LogP contribution in [-0.2, 0) is 9.47 Å². The van der Waals surface area contributed by atoms with Gasteiger partial charge in [-0.05, 0) is 0 Å². The molecular formula is C15H21FN6O6. The average Bonchev–Trinajstić information content (AvgIpc) is 3.27. The molecule has 0 aromatic carbocycles. The highest BCUT2D eigenvalue weighted by atomic mass is 19.2. The Hall–Kier alpha value is -2.16. The quantitative estimate of drug-likeness (QED) is 0.322. The normalized spacial score (nSPS) is 38.5. The third-order valence-corrected chi connectivity index (χ3v) is 5.50. The molecule has 2 aliphatic heterocycles. The van der Waals surface area contributed by atoms with E-state index in [2.05, 4.69) is 15.0 Å². The third-order valence-electron chi connectivity index (χ3n) is 5.50. The number of anilines is 2. The molecule has 13 heteroatoms. The van der Waals surface area contributed by atoms with Crippen LogP contribution in [0.1, 0.15) is 12.6 Å². The molecule has 2 saturated heterocycles. The molecule has 154 valence electrons. The summed E-state index contributed by atoms with van der Waals surface area (Å²) < 4.78 is 27.1. The summed E-state index contributed by atoms with van der Waals surface area (Å²) in [5, 5.41) is 40.3. The Labute approximate surface area is 157 Å². The van der Waals surface area contributed by atoms with Gasteiger partial charge >= 0.3 is 0 Å². The number of alkyl halides is 1. The minimum absolute atomic E-state index is 0.0568. The Morgan fingerprint density at radius 2 is 1.93 bits per heavy atom. The van der Waals surface area contributed by atoms with Gasteiger partial charge in [-0.2, -0.15) is 9.97 Å².